The molecule has 0 spiro atoms. The third-order valence-electron chi connectivity index (χ3n) is 11.8. The fourth-order valence-electron chi connectivity index (χ4n) is 9.33. The maximum absolute atomic E-state index is 5.54. The number of dihydropyridines is 1. The number of nitrogens with zero attached hydrogens (tertiary/aromatic N) is 3. The summed E-state index contributed by atoms with van der Waals surface area (Å²) in [6.07, 6.45) is 13.1. The highest BCUT2D eigenvalue weighted by Crippen LogP contribution is 2.49. The van der Waals surface area contributed by atoms with Gasteiger partial charge >= 0.3 is 0 Å². The lowest BCUT2D eigenvalue weighted by atomic mass is 9.81. The molecule has 4 nitrogen and oxygen atoms in total. The van der Waals surface area contributed by atoms with E-state index in [1.165, 1.54) is 77.9 Å². The average molecular weight is 721 g/mol. The quantitative estimate of drug-likeness (QED) is 0.186. The van der Waals surface area contributed by atoms with Crippen LogP contribution in [0.3, 0.4) is 0 Å². The molecule has 0 radical (unpaired) electrons. The van der Waals surface area contributed by atoms with Gasteiger partial charge in [0.25, 0.3) is 0 Å². The Morgan fingerprint density at radius 3 is 2.02 bits per heavy atom. The Labute approximate surface area is 327 Å². The summed E-state index contributed by atoms with van der Waals surface area (Å²) in [6.45, 7) is 0.769. The van der Waals surface area contributed by atoms with Gasteiger partial charge in [-0.1, -0.05) is 164 Å². The summed E-state index contributed by atoms with van der Waals surface area (Å²) in [5.41, 5.74) is 21.0. The molecule has 0 saturated heterocycles. The average Bonchev–Trinajstić information content (AvgIpc) is 3.87. The molecule has 2 atom stereocenters. The van der Waals surface area contributed by atoms with Crippen LogP contribution in [-0.4, -0.2) is 21.8 Å². The molecule has 56 heavy (non-hydrogen) atoms. The Morgan fingerprint density at radius 2 is 1.27 bits per heavy atom. The number of hydrazine groups is 1. The van der Waals surface area contributed by atoms with E-state index in [1.807, 2.05) is 0 Å². The molecule has 0 saturated carbocycles. The largest absolute Gasteiger partial charge is 0.313 e. The number of nitrogens with one attached hydrogen (secondary N) is 1. The summed E-state index contributed by atoms with van der Waals surface area (Å²) in [6, 6.07) is 57.3. The van der Waals surface area contributed by atoms with E-state index in [0.717, 1.165) is 30.7 Å². The van der Waals surface area contributed by atoms with Gasteiger partial charge in [-0.25, -0.2) is 5.43 Å². The van der Waals surface area contributed by atoms with Gasteiger partial charge in [0.2, 0.25) is 0 Å². The zero-order valence-electron chi connectivity index (χ0n) is 31.0. The number of allylic oxidation sites excluding steroid dienone is 5. The number of fused-ring (bicyclic) bond motifs is 6. The van der Waals surface area contributed by atoms with Crippen molar-refractivity contribution in [2.75, 3.05) is 6.54 Å². The lowest BCUT2D eigenvalue weighted by Crippen LogP contribution is -2.36. The number of para-hydroxylation sites is 2. The molecular weight excluding hydrogens is 681 g/mol. The minimum atomic E-state index is -0.0166. The molecule has 11 rings (SSSR count). The second-order valence-corrected chi connectivity index (χ2v) is 15.1. The Bertz CT molecular complexity index is 2810. The van der Waals surface area contributed by atoms with Crippen molar-refractivity contribution in [1.29, 1.82) is 0 Å². The van der Waals surface area contributed by atoms with Crippen molar-refractivity contribution in [3.05, 3.63) is 227 Å². The minimum Gasteiger partial charge on any atom is -0.313 e. The van der Waals surface area contributed by atoms with E-state index in [9.17, 15) is 0 Å². The first-order valence-corrected chi connectivity index (χ1v) is 19.7. The SMILES string of the molecule is C1=CCC(C2=C(c3cccc(C4=NC(c5ccccc5)CC(n5c6ccccc6c6ccccc65)=C4)c3)c3ccccc3C3=C(c4ccccc4)CNN32)C=C1. The zero-order valence-corrected chi connectivity index (χ0v) is 31.0. The summed E-state index contributed by atoms with van der Waals surface area (Å²) in [7, 11) is 0. The van der Waals surface area contributed by atoms with Gasteiger partial charge in [0.15, 0.2) is 0 Å². The molecule has 4 heterocycles. The number of benzene rings is 6. The van der Waals surface area contributed by atoms with Gasteiger partial charge < -0.3 is 4.57 Å². The molecule has 0 amide bonds. The fraction of sp³-hybridized carbons (Fsp3) is 0.0962. The first-order chi connectivity index (χ1) is 27.8. The van der Waals surface area contributed by atoms with Crippen molar-refractivity contribution < 1.29 is 0 Å². The number of hydrogen-bond donors (Lipinski definition) is 1. The van der Waals surface area contributed by atoms with Crippen molar-refractivity contribution in [2.24, 2.45) is 10.9 Å². The summed E-state index contributed by atoms with van der Waals surface area (Å²) in [5.74, 6) is 0.209. The molecule has 1 N–H and O–H groups in total. The molecular formula is C52H40N4. The molecule has 0 fully saturated rings. The van der Waals surface area contributed by atoms with E-state index in [2.05, 4.69) is 203 Å². The highest BCUT2D eigenvalue weighted by molar-refractivity contribution is 6.15. The smallest absolute Gasteiger partial charge is 0.0811 e. The van der Waals surface area contributed by atoms with Crippen LogP contribution in [-0.2, 0) is 0 Å². The van der Waals surface area contributed by atoms with Crippen molar-refractivity contribution in [3.63, 3.8) is 0 Å². The van der Waals surface area contributed by atoms with Crippen molar-refractivity contribution in [3.8, 4) is 0 Å². The second-order valence-electron chi connectivity index (χ2n) is 15.1. The Kier molecular flexibility index (Phi) is 7.89. The molecule has 4 heteroatoms. The maximum Gasteiger partial charge on any atom is 0.0811 e. The van der Waals surface area contributed by atoms with E-state index in [-0.39, 0.29) is 12.0 Å². The van der Waals surface area contributed by atoms with Gasteiger partial charge in [-0.3, -0.25) is 10.0 Å². The lowest BCUT2D eigenvalue weighted by molar-refractivity contribution is 0.364. The highest BCUT2D eigenvalue weighted by Gasteiger charge is 2.38. The molecule has 3 aliphatic heterocycles. The third kappa shape index (κ3) is 5.37. The van der Waals surface area contributed by atoms with Crippen LogP contribution in [0.5, 0.6) is 0 Å². The van der Waals surface area contributed by atoms with E-state index in [4.69, 9.17) is 4.99 Å². The number of hydrogen-bond acceptors (Lipinski definition) is 3. The van der Waals surface area contributed by atoms with Crippen LogP contribution in [0.2, 0.25) is 0 Å². The molecule has 1 aliphatic carbocycles. The van der Waals surface area contributed by atoms with Crippen LogP contribution in [0.15, 0.2) is 199 Å². The molecule has 268 valence electrons. The predicted molar refractivity (Wildman–Crippen MR) is 232 cm³/mol. The van der Waals surface area contributed by atoms with E-state index >= 15 is 0 Å². The van der Waals surface area contributed by atoms with Crippen LogP contribution in [0.1, 0.15) is 52.3 Å². The normalized spacial score (nSPS) is 19.0. The van der Waals surface area contributed by atoms with Gasteiger partial charge in [0.05, 0.1) is 34.2 Å². The zero-order chi connectivity index (χ0) is 37.0. The first kappa shape index (κ1) is 32.7. The number of aliphatic imine (C=N–C) groups is 1. The number of rotatable bonds is 6. The second kappa shape index (κ2) is 13.5. The van der Waals surface area contributed by atoms with E-state index < -0.39 is 0 Å². The first-order valence-electron chi connectivity index (χ1n) is 19.7. The fourth-order valence-corrected chi connectivity index (χ4v) is 9.33. The predicted octanol–water partition coefficient (Wildman–Crippen LogP) is 11.9. The van der Waals surface area contributed by atoms with Gasteiger partial charge in [0, 0.05) is 57.6 Å². The maximum atomic E-state index is 5.54. The van der Waals surface area contributed by atoms with Gasteiger partial charge in [-0.2, -0.15) is 0 Å². The van der Waals surface area contributed by atoms with E-state index in [1.54, 1.807) is 0 Å². The summed E-state index contributed by atoms with van der Waals surface area (Å²) in [5, 5.41) is 4.95. The molecule has 6 aromatic carbocycles. The van der Waals surface area contributed by atoms with Crippen LogP contribution in [0.4, 0.5) is 0 Å². The van der Waals surface area contributed by atoms with Crippen molar-refractivity contribution in [1.82, 2.24) is 15.0 Å². The Morgan fingerprint density at radius 1 is 0.607 bits per heavy atom. The van der Waals surface area contributed by atoms with Crippen LogP contribution in [0, 0.1) is 5.92 Å². The molecule has 2 unspecified atom stereocenters. The highest BCUT2D eigenvalue weighted by atomic mass is 15.5. The summed E-state index contributed by atoms with van der Waals surface area (Å²) in [4.78, 5) is 5.54. The Balaban J connectivity index is 1.11. The van der Waals surface area contributed by atoms with Crippen molar-refractivity contribution >= 4 is 50.1 Å². The van der Waals surface area contributed by atoms with Crippen LogP contribution in [0.25, 0.3) is 44.3 Å². The number of aromatic nitrogens is 1. The lowest BCUT2D eigenvalue weighted by Gasteiger charge is -2.38. The van der Waals surface area contributed by atoms with Gasteiger partial charge in [-0.05, 0) is 52.9 Å². The van der Waals surface area contributed by atoms with Crippen LogP contribution < -0.4 is 5.43 Å². The molecule has 0 bridgehead atoms. The third-order valence-corrected chi connectivity index (χ3v) is 11.8. The molecule has 4 aliphatic rings. The molecule has 1 aromatic heterocycles. The topological polar surface area (TPSA) is 32.6 Å². The minimum absolute atomic E-state index is 0.0166. The summed E-state index contributed by atoms with van der Waals surface area (Å²) < 4.78 is 2.47. The van der Waals surface area contributed by atoms with Gasteiger partial charge in [0.1, 0.15) is 0 Å². The summed E-state index contributed by atoms with van der Waals surface area (Å²) >= 11 is 0. The molecule has 7 aromatic rings. The van der Waals surface area contributed by atoms with Crippen molar-refractivity contribution in [2.45, 2.75) is 18.9 Å². The monoisotopic (exact) mass is 720 g/mol. The van der Waals surface area contributed by atoms with Crippen LogP contribution >= 0.6 is 0 Å². The van der Waals surface area contributed by atoms with Gasteiger partial charge in [-0.15, -0.1) is 0 Å². The van der Waals surface area contributed by atoms with E-state index in [0.29, 0.717) is 0 Å². The standard InChI is InChI=1S/C52H40N4/c1-4-17-35(18-5-1)45-34-53-56-51(37-21-8-3-9-22-37)50(43-27-10-11-28-44(43)52(45)56)39-24-16-23-38(31-39)47-33-40(32-46(54-47)36-19-6-2-7-20-36)55-48-29-14-12-25-41(48)42-26-13-15-30-49(42)55/h1-21,23-31,33,37,46,53H,22,32,34H2. The Hall–Kier alpha value is -6.75.